The van der Waals surface area contributed by atoms with Crippen molar-refractivity contribution in [2.45, 2.75) is 12.6 Å². The molecule has 1 atom stereocenters. The van der Waals surface area contributed by atoms with E-state index >= 15 is 0 Å². The highest BCUT2D eigenvalue weighted by Crippen LogP contribution is 2.25. The molecule has 1 N–H and O–H groups in total. The Bertz CT molecular complexity index is 999. The van der Waals surface area contributed by atoms with Crippen LogP contribution < -0.4 is 4.74 Å². The van der Waals surface area contributed by atoms with Crippen LogP contribution in [0.1, 0.15) is 0 Å². The zero-order chi connectivity index (χ0) is 17.9. The Morgan fingerprint density at radius 2 is 1.96 bits per heavy atom. The summed E-state index contributed by atoms with van der Waals surface area (Å²) in [5.41, 5.74) is 4.42. The van der Waals surface area contributed by atoms with Crippen LogP contribution in [0.15, 0.2) is 59.4 Å². The van der Waals surface area contributed by atoms with Gasteiger partial charge in [-0.25, -0.2) is 9.97 Å². The van der Waals surface area contributed by atoms with Crippen molar-refractivity contribution in [2.24, 2.45) is 0 Å². The maximum atomic E-state index is 10.5. The summed E-state index contributed by atoms with van der Waals surface area (Å²) in [7, 11) is 0. The van der Waals surface area contributed by atoms with E-state index in [0.29, 0.717) is 17.3 Å². The van der Waals surface area contributed by atoms with E-state index in [2.05, 4.69) is 9.97 Å². The maximum absolute atomic E-state index is 10.5. The van der Waals surface area contributed by atoms with Crippen LogP contribution in [-0.4, -0.2) is 32.4 Å². The number of hydrogen-bond donors (Lipinski definition) is 1. The highest BCUT2D eigenvalue weighted by molar-refractivity contribution is 7.07. The lowest BCUT2D eigenvalue weighted by Gasteiger charge is -2.15. The number of aliphatic hydroxyl groups is 1. The summed E-state index contributed by atoms with van der Waals surface area (Å²) in [5.74, 6) is 1.42. The molecule has 0 aliphatic heterocycles. The molecule has 7 heteroatoms. The van der Waals surface area contributed by atoms with Crippen LogP contribution in [0, 0.1) is 0 Å². The van der Waals surface area contributed by atoms with Crippen molar-refractivity contribution in [2.75, 3.05) is 6.61 Å². The summed E-state index contributed by atoms with van der Waals surface area (Å²) in [5, 5.41) is 13.1. The zero-order valence-electron chi connectivity index (χ0n) is 13.7. The standard InChI is InChI=1S/C19H16ClN3O2S/c20-13-5-7-15(8-6-13)25-10-14(24)9-23-18-4-2-1-3-16(18)22-19(23)17-11-26-12-21-17/h1-8,11-12,14,24H,9-10H2. The van der Waals surface area contributed by atoms with E-state index in [1.54, 1.807) is 29.8 Å². The third-order valence-electron chi connectivity index (χ3n) is 3.97. The second kappa shape index (κ2) is 7.45. The van der Waals surface area contributed by atoms with Gasteiger partial charge in [0, 0.05) is 10.4 Å². The van der Waals surface area contributed by atoms with Gasteiger partial charge in [-0.3, -0.25) is 0 Å². The molecular formula is C19H16ClN3O2S. The Morgan fingerprint density at radius 1 is 1.15 bits per heavy atom. The molecule has 2 aromatic carbocycles. The molecule has 0 radical (unpaired) electrons. The van der Waals surface area contributed by atoms with Crippen LogP contribution >= 0.6 is 22.9 Å². The second-order valence-electron chi connectivity index (χ2n) is 5.83. The zero-order valence-corrected chi connectivity index (χ0v) is 15.3. The van der Waals surface area contributed by atoms with Crippen molar-refractivity contribution in [3.05, 3.63) is 64.4 Å². The highest BCUT2D eigenvalue weighted by Gasteiger charge is 2.17. The first kappa shape index (κ1) is 17.0. The van der Waals surface area contributed by atoms with E-state index in [9.17, 15) is 5.11 Å². The first-order valence-corrected chi connectivity index (χ1v) is 9.43. The van der Waals surface area contributed by atoms with Gasteiger partial charge in [0.05, 0.1) is 23.1 Å². The lowest BCUT2D eigenvalue weighted by molar-refractivity contribution is 0.0938. The fraction of sp³-hybridized carbons (Fsp3) is 0.158. The summed E-state index contributed by atoms with van der Waals surface area (Å²) >= 11 is 7.39. The number of rotatable bonds is 6. The van der Waals surface area contributed by atoms with Gasteiger partial charge in [-0.05, 0) is 36.4 Å². The topological polar surface area (TPSA) is 60.2 Å². The van der Waals surface area contributed by atoms with Crippen LogP contribution in [0.2, 0.25) is 5.02 Å². The number of fused-ring (bicyclic) bond motifs is 1. The third kappa shape index (κ3) is 3.58. The summed E-state index contributed by atoms with van der Waals surface area (Å²) in [4.78, 5) is 9.04. The number of para-hydroxylation sites is 2. The van der Waals surface area contributed by atoms with Gasteiger partial charge in [0.1, 0.15) is 24.2 Å². The van der Waals surface area contributed by atoms with Gasteiger partial charge in [-0.2, -0.15) is 0 Å². The van der Waals surface area contributed by atoms with Gasteiger partial charge >= 0.3 is 0 Å². The molecule has 0 saturated heterocycles. The molecule has 5 nitrogen and oxygen atoms in total. The number of aromatic nitrogens is 3. The third-order valence-corrected chi connectivity index (χ3v) is 4.80. The Balaban J connectivity index is 1.56. The van der Waals surface area contributed by atoms with Gasteiger partial charge in [0.2, 0.25) is 0 Å². The molecule has 132 valence electrons. The molecule has 4 rings (SSSR count). The highest BCUT2D eigenvalue weighted by atomic mass is 35.5. The van der Waals surface area contributed by atoms with Crippen LogP contribution in [0.5, 0.6) is 5.75 Å². The molecule has 2 heterocycles. The normalized spacial score (nSPS) is 12.4. The first-order chi connectivity index (χ1) is 12.7. The predicted octanol–water partition coefficient (Wildman–Crippen LogP) is 4.25. The molecule has 26 heavy (non-hydrogen) atoms. The molecule has 0 amide bonds. The Kier molecular flexibility index (Phi) is 4.88. The fourth-order valence-electron chi connectivity index (χ4n) is 2.77. The SMILES string of the molecule is OC(COc1ccc(Cl)cc1)Cn1c(-c2cscn2)nc2ccccc21. The molecule has 0 bridgehead atoms. The summed E-state index contributed by atoms with van der Waals surface area (Å²) in [6.45, 7) is 0.533. The van der Waals surface area contributed by atoms with E-state index < -0.39 is 6.10 Å². The van der Waals surface area contributed by atoms with E-state index in [0.717, 1.165) is 22.6 Å². The minimum Gasteiger partial charge on any atom is -0.491 e. The molecule has 0 saturated carbocycles. The van der Waals surface area contributed by atoms with E-state index in [4.69, 9.17) is 16.3 Å². The Labute approximate surface area is 159 Å². The number of imidazole rings is 1. The number of aliphatic hydroxyl groups excluding tert-OH is 1. The van der Waals surface area contributed by atoms with Crippen LogP contribution in [0.4, 0.5) is 0 Å². The van der Waals surface area contributed by atoms with Gasteiger partial charge in [0.25, 0.3) is 0 Å². The van der Waals surface area contributed by atoms with Crippen molar-refractivity contribution in [3.63, 3.8) is 0 Å². The lowest BCUT2D eigenvalue weighted by atomic mass is 10.3. The average molecular weight is 386 g/mol. The maximum Gasteiger partial charge on any atom is 0.160 e. The molecular weight excluding hydrogens is 370 g/mol. The first-order valence-electron chi connectivity index (χ1n) is 8.11. The number of hydrogen-bond acceptors (Lipinski definition) is 5. The van der Waals surface area contributed by atoms with Crippen molar-refractivity contribution in [3.8, 4) is 17.3 Å². The fourth-order valence-corrected chi connectivity index (χ4v) is 3.42. The van der Waals surface area contributed by atoms with Crippen LogP contribution in [0.25, 0.3) is 22.6 Å². The van der Waals surface area contributed by atoms with Crippen LogP contribution in [-0.2, 0) is 6.54 Å². The lowest BCUT2D eigenvalue weighted by Crippen LogP contribution is -2.24. The Morgan fingerprint density at radius 3 is 2.73 bits per heavy atom. The molecule has 4 aromatic rings. The van der Waals surface area contributed by atoms with Gasteiger partial charge in [-0.1, -0.05) is 23.7 Å². The van der Waals surface area contributed by atoms with Crippen LogP contribution in [0.3, 0.4) is 0 Å². The molecule has 0 fully saturated rings. The quantitative estimate of drug-likeness (QED) is 0.539. The van der Waals surface area contributed by atoms with Crippen molar-refractivity contribution in [1.82, 2.24) is 14.5 Å². The molecule has 1 unspecified atom stereocenters. The number of ether oxygens (including phenoxy) is 1. The second-order valence-corrected chi connectivity index (χ2v) is 6.98. The van der Waals surface area contributed by atoms with Gasteiger partial charge < -0.3 is 14.4 Å². The summed E-state index contributed by atoms with van der Waals surface area (Å²) < 4.78 is 7.64. The van der Waals surface area contributed by atoms with E-state index in [-0.39, 0.29) is 6.61 Å². The molecule has 0 aliphatic carbocycles. The Hall–Kier alpha value is -2.41. The average Bonchev–Trinajstić information content (AvgIpc) is 3.30. The van der Waals surface area contributed by atoms with Crippen molar-refractivity contribution >= 4 is 34.0 Å². The van der Waals surface area contributed by atoms with Gasteiger partial charge in [0.15, 0.2) is 5.82 Å². The minimum atomic E-state index is -0.694. The summed E-state index contributed by atoms with van der Waals surface area (Å²) in [6, 6.07) is 14.9. The van der Waals surface area contributed by atoms with E-state index in [1.165, 1.54) is 11.3 Å². The number of halogens is 1. The van der Waals surface area contributed by atoms with Crippen molar-refractivity contribution in [1.29, 1.82) is 0 Å². The van der Waals surface area contributed by atoms with E-state index in [1.807, 2.05) is 34.2 Å². The molecule has 2 aromatic heterocycles. The number of thiazole rings is 1. The predicted molar refractivity (Wildman–Crippen MR) is 104 cm³/mol. The minimum absolute atomic E-state index is 0.171. The van der Waals surface area contributed by atoms with Gasteiger partial charge in [-0.15, -0.1) is 11.3 Å². The molecule has 0 aliphatic rings. The van der Waals surface area contributed by atoms with Crippen molar-refractivity contribution < 1.29 is 9.84 Å². The molecule has 0 spiro atoms. The monoisotopic (exact) mass is 385 g/mol. The largest absolute Gasteiger partial charge is 0.491 e. The summed E-state index contributed by atoms with van der Waals surface area (Å²) in [6.07, 6.45) is -0.694. The smallest absolute Gasteiger partial charge is 0.160 e. The number of nitrogens with zero attached hydrogens (tertiary/aromatic N) is 3. The number of benzene rings is 2.